The number of carbonyl (C=O) groups is 1. The van der Waals surface area contributed by atoms with E-state index in [0.29, 0.717) is 6.42 Å². The highest BCUT2D eigenvalue weighted by atomic mass is 16.7. The first-order valence-corrected chi connectivity index (χ1v) is 7.29. The zero-order chi connectivity index (χ0) is 15.4. The summed E-state index contributed by atoms with van der Waals surface area (Å²) >= 11 is 0. The minimum Gasteiger partial charge on any atom is -0.480 e. The average Bonchev–Trinajstić information content (AvgIpc) is 2.81. The third-order valence-electron chi connectivity index (χ3n) is 3.96. The fraction of sp³-hybridized carbons (Fsp3) is 0.562. The Labute approximate surface area is 125 Å². The minimum atomic E-state index is -0.897. The molecule has 2 unspecified atom stereocenters. The number of hydrogen-bond acceptors (Lipinski definition) is 4. The van der Waals surface area contributed by atoms with Crippen LogP contribution in [-0.2, 0) is 14.3 Å². The lowest BCUT2D eigenvalue weighted by atomic mass is 9.97. The van der Waals surface area contributed by atoms with Gasteiger partial charge in [-0.1, -0.05) is 37.3 Å². The summed E-state index contributed by atoms with van der Waals surface area (Å²) in [7, 11) is 1.63. The average molecular weight is 293 g/mol. The maximum absolute atomic E-state index is 11.2. The summed E-state index contributed by atoms with van der Waals surface area (Å²) in [6.45, 7) is 3.97. The Morgan fingerprint density at radius 3 is 2.67 bits per heavy atom. The third-order valence-corrected chi connectivity index (χ3v) is 3.96. The molecule has 1 saturated heterocycles. The molecule has 5 atom stereocenters. The first-order chi connectivity index (χ1) is 10.0. The smallest absolute Gasteiger partial charge is 0.323 e. The maximum Gasteiger partial charge on any atom is 0.323 e. The molecule has 1 aliphatic heterocycles. The van der Waals surface area contributed by atoms with E-state index in [1.165, 1.54) is 0 Å². The summed E-state index contributed by atoms with van der Waals surface area (Å²) in [5, 5.41) is 12.0. The van der Waals surface area contributed by atoms with Crippen LogP contribution in [0.3, 0.4) is 0 Å². The molecule has 5 nitrogen and oxygen atoms in total. The van der Waals surface area contributed by atoms with Crippen LogP contribution < -0.4 is 5.32 Å². The van der Waals surface area contributed by atoms with Gasteiger partial charge in [0.1, 0.15) is 6.04 Å². The lowest BCUT2D eigenvalue weighted by Crippen LogP contribution is -2.46. The van der Waals surface area contributed by atoms with Gasteiger partial charge in [-0.3, -0.25) is 4.79 Å². The van der Waals surface area contributed by atoms with Gasteiger partial charge < -0.3 is 19.9 Å². The number of benzene rings is 1. The second-order valence-corrected chi connectivity index (χ2v) is 5.54. The first-order valence-electron chi connectivity index (χ1n) is 7.29. The SMILES string of the molecule is CNC(C(=O)O)[C@@H]1OC(O[C@@H](C)c2ccccc2)C[C@H]1C. The standard InChI is InChI=1S/C16H23NO4/c1-10-9-13(21-15(10)14(17-3)16(18)19)20-11(2)12-7-5-4-6-8-12/h4-8,10-11,13-15,17H,9H2,1-3H3,(H,18,19)/t10-,11+,13?,14?,15-/m1/s1. The van der Waals surface area contributed by atoms with Crippen molar-refractivity contribution in [3.8, 4) is 0 Å². The normalized spacial score (nSPS) is 28.2. The van der Waals surface area contributed by atoms with Gasteiger partial charge in [-0.2, -0.15) is 0 Å². The van der Waals surface area contributed by atoms with Crippen molar-refractivity contribution in [1.29, 1.82) is 0 Å². The van der Waals surface area contributed by atoms with E-state index in [-0.39, 0.29) is 24.4 Å². The first kappa shape index (κ1) is 15.9. The molecule has 0 bridgehead atoms. The van der Waals surface area contributed by atoms with Crippen LogP contribution in [0.4, 0.5) is 0 Å². The summed E-state index contributed by atoms with van der Waals surface area (Å²) in [4.78, 5) is 11.2. The number of hydrogen-bond donors (Lipinski definition) is 2. The van der Waals surface area contributed by atoms with Crippen LogP contribution in [-0.4, -0.2) is 36.6 Å². The number of ether oxygens (including phenoxy) is 2. The molecular weight excluding hydrogens is 270 g/mol. The highest BCUT2D eigenvalue weighted by Gasteiger charge is 2.41. The molecule has 0 radical (unpaired) electrons. The van der Waals surface area contributed by atoms with Crippen LogP contribution in [0.5, 0.6) is 0 Å². The van der Waals surface area contributed by atoms with Crippen LogP contribution in [0.15, 0.2) is 30.3 Å². The van der Waals surface area contributed by atoms with E-state index in [1.807, 2.05) is 44.2 Å². The Kier molecular flexibility index (Phi) is 5.33. The lowest BCUT2D eigenvalue weighted by molar-refractivity contribution is -0.171. The number of rotatable bonds is 6. The maximum atomic E-state index is 11.2. The van der Waals surface area contributed by atoms with Gasteiger partial charge in [-0.05, 0) is 25.5 Å². The van der Waals surface area contributed by atoms with Crippen LogP contribution in [0.1, 0.15) is 31.9 Å². The molecule has 2 rings (SSSR count). The highest BCUT2D eigenvalue weighted by molar-refractivity contribution is 5.74. The van der Waals surface area contributed by atoms with Crippen molar-refractivity contribution in [3.63, 3.8) is 0 Å². The minimum absolute atomic E-state index is 0.0833. The zero-order valence-corrected chi connectivity index (χ0v) is 12.7. The number of nitrogens with one attached hydrogen (secondary N) is 1. The molecule has 1 fully saturated rings. The van der Waals surface area contributed by atoms with Crippen molar-refractivity contribution in [3.05, 3.63) is 35.9 Å². The highest BCUT2D eigenvalue weighted by Crippen LogP contribution is 2.32. The summed E-state index contributed by atoms with van der Waals surface area (Å²) in [6.07, 6.45) is -0.122. The fourth-order valence-corrected chi connectivity index (χ4v) is 2.76. The Hall–Kier alpha value is -1.43. The molecule has 1 aliphatic rings. The number of carboxylic acids is 1. The number of carboxylic acid groups (broad SMARTS) is 1. The van der Waals surface area contributed by atoms with Gasteiger partial charge in [-0.15, -0.1) is 0 Å². The van der Waals surface area contributed by atoms with Crippen molar-refractivity contribution in [1.82, 2.24) is 5.32 Å². The van der Waals surface area contributed by atoms with E-state index in [1.54, 1.807) is 7.05 Å². The summed E-state index contributed by atoms with van der Waals surface area (Å²) in [5.74, 6) is -0.766. The van der Waals surface area contributed by atoms with E-state index in [9.17, 15) is 9.90 Å². The van der Waals surface area contributed by atoms with E-state index < -0.39 is 12.0 Å². The zero-order valence-electron chi connectivity index (χ0n) is 12.7. The van der Waals surface area contributed by atoms with Gasteiger partial charge in [0.2, 0.25) is 0 Å². The van der Waals surface area contributed by atoms with Crippen LogP contribution in [0.2, 0.25) is 0 Å². The van der Waals surface area contributed by atoms with Gasteiger partial charge >= 0.3 is 5.97 Å². The molecule has 0 spiro atoms. The van der Waals surface area contributed by atoms with Crippen molar-refractivity contribution in [2.45, 2.75) is 44.8 Å². The second-order valence-electron chi connectivity index (χ2n) is 5.54. The Morgan fingerprint density at radius 1 is 1.43 bits per heavy atom. The van der Waals surface area contributed by atoms with E-state index in [0.717, 1.165) is 5.56 Å². The van der Waals surface area contributed by atoms with E-state index >= 15 is 0 Å². The quantitative estimate of drug-likeness (QED) is 0.841. The van der Waals surface area contributed by atoms with Crippen molar-refractivity contribution < 1.29 is 19.4 Å². The Morgan fingerprint density at radius 2 is 2.10 bits per heavy atom. The molecule has 1 aromatic carbocycles. The van der Waals surface area contributed by atoms with Crippen LogP contribution >= 0.6 is 0 Å². The monoisotopic (exact) mass is 293 g/mol. The van der Waals surface area contributed by atoms with Gasteiger partial charge in [0, 0.05) is 6.42 Å². The lowest BCUT2D eigenvalue weighted by Gasteiger charge is -2.23. The summed E-state index contributed by atoms with van der Waals surface area (Å²) < 4.78 is 11.7. The molecular formula is C16H23NO4. The molecule has 116 valence electrons. The molecule has 0 aromatic heterocycles. The molecule has 1 aromatic rings. The van der Waals surface area contributed by atoms with Gasteiger partial charge in [0.15, 0.2) is 6.29 Å². The Bertz CT molecular complexity index is 465. The van der Waals surface area contributed by atoms with Crippen LogP contribution in [0.25, 0.3) is 0 Å². The van der Waals surface area contributed by atoms with Crippen LogP contribution in [0, 0.1) is 5.92 Å². The fourth-order valence-electron chi connectivity index (χ4n) is 2.76. The molecule has 2 N–H and O–H groups in total. The predicted molar refractivity (Wildman–Crippen MR) is 78.9 cm³/mol. The van der Waals surface area contributed by atoms with Gasteiger partial charge in [0.25, 0.3) is 0 Å². The summed E-state index contributed by atoms with van der Waals surface area (Å²) in [5.41, 5.74) is 1.08. The largest absolute Gasteiger partial charge is 0.480 e. The topological polar surface area (TPSA) is 67.8 Å². The van der Waals surface area contributed by atoms with Crippen molar-refractivity contribution >= 4 is 5.97 Å². The number of aliphatic carboxylic acids is 1. The van der Waals surface area contributed by atoms with Crippen molar-refractivity contribution in [2.24, 2.45) is 5.92 Å². The van der Waals surface area contributed by atoms with Gasteiger partial charge in [0.05, 0.1) is 12.2 Å². The van der Waals surface area contributed by atoms with E-state index in [2.05, 4.69) is 5.32 Å². The van der Waals surface area contributed by atoms with E-state index in [4.69, 9.17) is 9.47 Å². The molecule has 0 amide bonds. The molecule has 21 heavy (non-hydrogen) atoms. The third kappa shape index (κ3) is 3.81. The Balaban J connectivity index is 1.96. The number of likely N-dealkylation sites (N-methyl/N-ethyl adjacent to an activating group) is 1. The molecule has 5 heteroatoms. The molecule has 1 heterocycles. The van der Waals surface area contributed by atoms with Gasteiger partial charge in [-0.25, -0.2) is 0 Å². The molecule has 0 saturated carbocycles. The molecule has 0 aliphatic carbocycles. The van der Waals surface area contributed by atoms with Crippen molar-refractivity contribution in [2.75, 3.05) is 7.05 Å². The predicted octanol–water partition coefficient (Wildman–Crippen LogP) is 2.19. The summed E-state index contributed by atoms with van der Waals surface area (Å²) in [6, 6.07) is 9.21. The second kappa shape index (κ2) is 7.02.